The van der Waals surface area contributed by atoms with E-state index in [1.54, 1.807) is 36.5 Å². The quantitative estimate of drug-likeness (QED) is 0.204. The molecule has 0 aliphatic carbocycles. The Balaban J connectivity index is 1.54. The highest BCUT2D eigenvalue weighted by Gasteiger charge is 2.48. The standard InChI is InChI=1S/C29H25Cl2NO6/c1-29(2)37-27(33)26(28(34)38-29)25(19-14-32-22-7-5-4-6-18(19)22)17-9-11-23(24(13-17)35-3)36-15-16-8-10-20(30)21(31)12-16/h4-14,25-26,32H,15H2,1-3H3/t25-/m1/s1. The van der Waals surface area contributed by atoms with Crippen molar-refractivity contribution < 1.29 is 28.5 Å². The lowest BCUT2D eigenvalue weighted by atomic mass is 9.80. The first-order valence-electron chi connectivity index (χ1n) is 11.9. The zero-order valence-corrected chi connectivity index (χ0v) is 22.4. The van der Waals surface area contributed by atoms with Gasteiger partial charge in [-0.2, -0.15) is 0 Å². The molecule has 7 nitrogen and oxygen atoms in total. The molecule has 1 fully saturated rings. The van der Waals surface area contributed by atoms with Crippen LogP contribution in [0.3, 0.4) is 0 Å². The van der Waals surface area contributed by atoms with E-state index in [0.717, 1.165) is 22.0 Å². The first-order valence-corrected chi connectivity index (χ1v) is 12.7. The maximum atomic E-state index is 13.2. The molecule has 0 spiro atoms. The number of cyclic esters (lactones) is 2. The van der Waals surface area contributed by atoms with Crippen molar-refractivity contribution in [1.82, 2.24) is 4.98 Å². The third-order valence-electron chi connectivity index (χ3n) is 6.42. The van der Waals surface area contributed by atoms with Gasteiger partial charge in [-0.05, 0) is 47.0 Å². The third kappa shape index (κ3) is 5.04. The van der Waals surface area contributed by atoms with E-state index in [-0.39, 0.29) is 6.61 Å². The molecular formula is C29H25Cl2NO6. The number of ether oxygens (including phenoxy) is 4. The molecule has 0 saturated carbocycles. The number of hydrogen-bond acceptors (Lipinski definition) is 6. The molecule has 1 atom stereocenters. The van der Waals surface area contributed by atoms with Crippen LogP contribution >= 0.6 is 23.2 Å². The smallest absolute Gasteiger partial charge is 0.324 e. The number of benzene rings is 3. The summed E-state index contributed by atoms with van der Waals surface area (Å²) in [6.07, 6.45) is 1.80. The lowest BCUT2D eigenvalue weighted by Crippen LogP contribution is -2.48. The fourth-order valence-corrected chi connectivity index (χ4v) is 5.01. The number of rotatable bonds is 7. The van der Waals surface area contributed by atoms with Crippen molar-refractivity contribution >= 4 is 46.0 Å². The van der Waals surface area contributed by atoms with E-state index in [1.165, 1.54) is 21.0 Å². The van der Waals surface area contributed by atoms with Crippen LogP contribution in [0.4, 0.5) is 0 Å². The molecule has 4 aromatic rings. The van der Waals surface area contributed by atoms with E-state index in [1.807, 2.05) is 30.3 Å². The minimum Gasteiger partial charge on any atom is -0.493 e. The summed E-state index contributed by atoms with van der Waals surface area (Å²) in [7, 11) is 1.53. The Bertz CT molecular complexity index is 1510. The average molecular weight is 554 g/mol. The monoisotopic (exact) mass is 553 g/mol. The van der Waals surface area contributed by atoms with Gasteiger partial charge in [0, 0.05) is 36.9 Å². The predicted octanol–water partition coefficient (Wildman–Crippen LogP) is 6.65. The molecule has 5 rings (SSSR count). The molecule has 0 unspecified atom stereocenters. The Morgan fingerprint density at radius 1 is 0.947 bits per heavy atom. The second-order valence-corrected chi connectivity index (χ2v) is 10.2. The molecule has 3 aromatic carbocycles. The first-order chi connectivity index (χ1) is 18.2. The van der Waals surface area contributed by atoms with Crippen LogP contribution in [0.5, 0.6) is 11.5 Å². The van der Waals surface area contributed by atoms with E-state index in [2.05, 4.69) is 4.98 Å². The van der Waals surface area contributed by atoms with Gasteiger partial charge < -0.3 is 23.9 Å². The van der Waals surface area contributed by atoms with Crippen LogP contribution in [0.25, 0.3) is 10.9 Å². The van der Waals surface area contributed by atoms with Gasteiger partial charge in [-0.1, -0.05) is 53.5 Å². The number of hydrogen-bond donors (Lipinski definition) is 1. The predicted molar refractivity (Wildman–Crippen MR) is 144 cm³/mol. The average Bonchev–Trinajstić information content (AvgIpc) is 3.30. The van der Waals surface area contributed by atoms with Gasteiger partial charge in [0.1, 0.15) is 6.61 Å². The van der Waals surface area contributed by atoms with Gasteiger partial charge in [0.15, 0.2) is 17.4 Å². The SMILES string of the molecule is COc1cc([C@H](c2c[nH]c3ccccc23)C2C(=O)OC(C)(C)OC2=O)ccc1OCc1ccc(Cl)c(Cl)c1. The number of halogens is 2. The van der Waals surface area contributed by atoms with Crippen LogP contribution in [-0.4, -0.2) is 29.8 Å². The number of carbonyl (C=O) groups is 2. The number of carbonyl (C=O) groups excluding carboxylic acids is 2. The summed E-state index contributed by atoms with van der Waals surface area (Å²) in [6, 6.07) is 18.2. The van der Waals surface area contributed by atoms with E-state index in [9.17, 15) is 9.59 Å². The fraction of sp³-hybridized carbons (Fsp3) is 0.241. The van der Waals surface area contributed by atoms with Crippen molar-refractivity contribution in [3.05, 3.63) is 93.6 Å². The van der Waals surface area contributed by atoms with Crippen molar-refractivity contribution in [3.8, 4) is 11.5 Å². The van der Waals surface area contributed by atoms with Crippen molar-refractivity contribution in [2.75, 3.05) is 7.11 Å². The summed E-state index contributed by atoms with van der Waals surface area (Å²) in [5.41, 5.74) is 3.12. The summed E-state index contributed by atoms with van der Waals surface area (Å²) in [6.45, 7) is 3.29. The van der Waals surface area contributed by atoms with Gasteiger partial charge in [0.05, 0.1) is 17.2 Å². The number of fused-ring (bicyclic) bond motifs is 1. The topological polar surface area (TPSA) is 86.9 Å². The zero-order chi connectivity index (χ0) is 27.0. The summed E-state index contributed by atoms with van der Waals surface area (Å²) in [4.78, 5) is 29.6. The number of methoxy groups -OCH3 is 1. The van der Waals surface area contributed by atoms with Crippen molar-refractivity contribution in [3.63, 3.8) is 0 Å². The van der Waals surface area contributed by atoms with Gasteiger partial charge >= 0.3 is 11.9 Å². The van der Waals surface area contributed by atoms with Crippen LogP contribution in [0.15, 0.2) is 66.9 Å². The number of nitrogens with one attached hydrogen (secondary N) is 1. The molecule has 0 bridgehead atoms. The minimum atomic E-state index is -1.34. The molecule has 196 valence electrons. The van der Waals surface area contributed by atoms with E-state index in [0.29, 0.717) is 27.1 Å². The molecule has 1 N–H and O–H groups in total. The molecule has 0 radical (unpaired) electrons. The molecule has 1 saturated heterocycles. The Morgan fingerprint density at radius 3 is 2.39 bits per heavy atom. The molecule has 2 heterocycles. The molecule has 38 heavy (non-hydrogen) atoms. The van der Waals surface area contributed by atoms with Gasteiger partial charge in [-0.25, -0.2) is 0 Å². The molecule has 9 heteroatoms. The van der Waals surface area contributed by atoms with E-state index < -0.39 is 29.6 Å². The molecular weight excluding hydrogens is 529 g/mol. The Hall–Kier alpha value is -3.68. The summed E-state index contributed by atoms with van der Waals surface area (Å²) in [5.74, 6) is -3.65. The van der Waals surface area contributed by atoms with E-state index in [4.69, 9.17) is 42.1 Å². The third-order valence-corrected chi connectivity index (χ3v) is 7.15. The van der Waals surface area contributed by atoms with Crippen LogP contribution in [0, 0.1) is 5.92 Å². The Morgan fingerprint density at radius 2 is 1.68 bits per heavy atom. The normalized spacial score (nSPS) is 16.1. The largest absolute Gasteiger partial charge is 0.493 e. The number of para-hydroxylation sites is 1. The highest BCUT2D eigenvalue weighted by molar-refractivity contribution is 6.42. The maximum absolute atomic E-state index is 13.2. The van der Waals surface area contributed by atoms with Gasteiger partial charge in [-0.3, -0.25) is 9.59 Å². The summed E-state index contributed by atoms with van der Waals surface area (Å²) in [5, 5.41) is 1.77. The van der Waals surface area contributed by atoms with Crippen molar-refractivity contribution in [2.45, 2.75) is 32.2 Å². The molecule has 1 aliphatic rings. The number of esters is 2. The molecule has 1 aromatic heterocycles. The zero-order valence-electron chi connectivity index (χ0n) is 20.9. The number of aromatic amines is 1. The van der Waals surface area contributed by atoms with E-state index >= 15 is 0 Å². The minimum absolute atomic E-state index is 0.231. The lowest BCUT2D eigenvalue weighted by molar-refractivity contribution is -0.240. The highest BCUT2D eigenvalue weighted by atomic mass is 35.5. The Labute approximate surface area is 229 Å². The Kier molecular flexibility index (Phi) is 6.99. The number of aromatic nitrogens is 1. The van der Waals surface area contributed by atoms with Gasteiger partial charge in [-0.15, -0.1) is 0 Å². The second-order valence-electron chi connectivity index (χ2n) is 9.43. The molecule has 1 aliphatic heterocycles. The van der Waals surface area contributed by atoms with Crippen LogP contribution in [0.1, 0.15) is 36.5 Å². The summed E-state index contributed by atoms with van der Waals surface area (Å²) >= 11 is 12.1. The van der Waals surface area contributed by atoms with Crippen LogP contribution in [-0.2, 0) is 25.7 Å². The second kappa shape index (κ2) is 10.2. The fourth-order valence-electron chi connectivity index (χ4n) is 4.69. The maximum Gasteiger partial charge on any atom is 0.324 e. The molecule has 0 amide bonds. The van der Waals surface area contributed by atoms with Gasteiger partial charge in [0.2, 0.25) is 0 Å². The lowest BCUT2D eigenvalue weighted by Gasteiger charge is -2.36. The van der Waals surface area contributed by atoms with Crippen LogP contribution < -0.4 is 9.47 Å². The van der Waals surface area contributed by atoms with Crippen LogP contribution in [0.2, 0.25) is 10.0 Å². The van der Waals surface area contributed by atoms with Crippen molar-refractivity contribution in [1.29, 1.82) is 0 Å². The van der Waals surface area contributed by atoms with Gasteiger partial charge in [0.25, 0.3) is 5.79 Å². The highest BCUT2D eigenvalue weighted by Crippen LogP contribution is 2.43. The summed E-state index contributed by atoms with van der Waals surface area (Å²) < 4.78 is 22.6. The number of H-pyrrole nitrogens is 1. The van der Waals surface area contributed by atoms with Crippen molar-refractivity contribution in [2.24, 2.45) is 5.92 Å². The first kappa shape index (κ1) is 25.9.